The minimum Gasteiger partial charge on any atom is -0.399 e. The number of hydrogen-bond donors (Lipinski definition) is 1. The van der Waals surface area contributed by atoms with Crippen LogP contribution in [-0.4, -0.2) is 20.3 Å². The fraction of sp³-hybridized carbons (Fsp3) is 0.400. The summed E-state index contributed by atoms with van der Waals surface area (Å²) in [5, 5.41) is 0. The molecule has 17 heavy (non-hydrogen) atoms. The van der Waals surface area contributed by atoms with Crippen molar-refractivity contribution in [3.05, 3.63) is 24.3 Å². The molecule has 0 amide bonds. The number of rotatable bonds is 4. The average Bonchev–Trinajstić information content (AvgIpc) is 2.15. The van der Waals surface area contributed by atoms with Crippen LogP contribution in [0.5, 0.6) is 0 Å². The highest BCUT2D eigenvalue weighted by Gasteiger charge is 2.27. The van der Waals surface area contributed by atoms with E-state index < -0.39 is 34.6 Å². The van der Waals surface area contributed by atoms with Gasteiger partial charge in [0.05, 0.1) is 10.6 Å². The van der Waals surface area contributed by atoms with Gasteiger partial charge in [-0.2, -0.15) is 13.2 Å². The highest BCUT2D eigenvalue weighted by molar-refractivity contribution is 7.91. The molecule has 96 valence electrons. The van der Waals surface area contributed by atoms with Crippen LogP contribution in [0.25, 0.3) is 0 Å². The number of anilines is 1. The van der Waals surface area contributed by atoms with Gasteiger partial charge < -0.3 is 5.73 Å². The van der Waals surface area contributed by atoms with Crippen LogP contribution in [0.2, 0.25) is 0 Å². The predicted molar refractivity (Wildman–Crippen MR) is 58.2 cm³/mol. The van der Waals surface area contributed by atoms with E-state index in [9.17, 15) is 21.6 Å². The minimum absolute atomic E-state index is 0.0420. The van der Waals surface area contributed by atoms with Crippen LogP contribution in [-0.2, 0) is 9.84 Å². The lowest BCUT2D eigenvalue weighted by Crippen LogP contribution is -2.12. The second-order valence-corrected chi connectivity index (χ2v) is 5.72. The van der Waals surface area contributed by atoms with Gasteiger partial charge in [-0.25, -0.2) is 8.42 Å². The molecule has 0 saturated heterocycles. The third kappa shape index (κ3) is 4.64. The number of benzene rings is 1. The van der Waals surface area contributed by atoms with Gasteiger partial charge in [0.25, 0.3) is 0 Å². The van der Waals surface area contributed by atoms with E-state index in [-0.39, 0.29) is 10.6 Å². The molecule has 0 aliphatic carbocycles. The molecule has 0 bridgehead atoms. The molecule has 3 nitrogen and oxygen atoms in total. The Morgan fingerprint density at radius 2 is 1.88 bits per heavy atom. The number of nitrogens with two attached hydrogens (primary N) is 1. The summed E-state index contributed by atoms with van der Waals surface area (Å²) in [4.78, 5) is -0.0420. The van der Waals surface area contributed by atoms with Gasteiger partial charge in [-0.3, -0.25) is 0 Å². The van der Waals surface area contributed by atoms with E-state index in [0.29, 0.717) is 0 Å². The summed E-state index contributed by atoms with van der Waals surface area (Å²) in [6.07, 6.45) is -5.87. The number of hydrogen-bond acceptors (Lipinski definition) is 3. The molecule has 0 aliphatic heterocycles. The SMILES string of the molecule is Nc1cccc(S(=O)(=O)CCCC(F)(F)F)c1. The number of halogens is 3. The molecule has 0 unspecified atom stereocenters. The van der Waals surface area contributed by atoms with Gasteiger partial charge in [-0.05, 0) is 24.6 Å². The molecule has 2 N–H and O–H groups in total. The first-order valence-corrected chi connectivity index (χ1v) is 6.51. The minimum atomic E-state index is -4.33. The maximum atomic E-state index is 11.9. The lowest BCUT2D eigenvalue weighted by atomic mass is 10.3. The normalized spacial score (nSPS) is 12.6. The fourth-order valence-corrected chi connectivity index (χ4v) is 2.65. The van der Waals surface area contributed by atoms with Gasteiger partial charge in [-0.15, -0.1) is 0 Å². The van der Waals surface area contributed by atoms with Crippen LogP contribution >= 0.6 is 0 Å². The lowest BCUT2D eigenvalue weighted by molar-refractivity contribution is -0.134. The zero-order valence-corrected chi connectivity index (χ0v) is 9.68. The Bertz CT molecular complexity index is 483. The van der Waals surface area contributed by atoms with E-state index in [1.807, 2.05) is 0 Å². The Balaban J connectivity index is 2.70. The Hall–Kier alpha value is -1.24. The maximum Gasteiger partial charge on any atom is 0.389 e. The maximum absolute atomic E-state index is 11.9. The lowest BCUT2D eigenvalue weighted by Gasteiger charge is -2.07. The highest BCUT2D eigenvalue weighted by atomic mass is 32.2. The summed E-state index contributed by atoms with van der Waals surface area (Å²) in [7, 11) is -3.69. The molecule has 0 fully saturated rings. The van der Waals surface area contributed by atoms with Crippen LogP contribution in [0.4, 0.5) is 18.9 Å². The number of alkyl halides is 3. The summed E-state index contributed by atoms with van der Waals surface area (Å²) < 4.78 is 58.9. The van der Waals surface area contributed by atoms with Gasteiger partial charge in [0.2, 0.25) is 0 Å². The highest BCUT2D eigenvalue weighted by Crippen LogP contribution is 2.23. The van der Waals surface area contributed by atoms with Gasteiger partial charge in [0, 0.05) is 12.1 Å². The first-order chi connectivity index (χ1) is 7.71. The zero-order chi connectivity index (χ0) is 13.1. The van der Waals surface area contributed by atoms with E-state index >= 15 is 0 Å². The van der Waals surface area contributed by atoms with Crippen molar-refractivity contribution in [2.24, 2.45) is 0 Å². The molecule has 1 rings (SSSR count). The molecular weight excluding hydrogens is 255 g/mol. The molecule has 0 aromatic heterocycles. The van der Waals surface area contributed by atoms with Crippen molar-refractivity contribution >= 4 is 15.5 Å². The summed E-state index contributed by atoms with van der Waals surface area (Å²) in [5.41, 5.74) is 5.67. The molecular formula is C10H12F3NO2S. The summed E-state index contributed by atoms with van der Waals surface area (Å²) in [6.45, 7) is 0. The van der Waals surface area contributed by atoms with Crippen LogP contribution in [0.3, 0.4) is 0 Å². The fourth-order valence-electron chi connectivity index (χ4n) is 1.29. The van der Waals surface area contributed by atoms with Crippen molar-refractivity contribution < 1.29 is 21.6 Å². The zero-order valence-electron chi connectivity index (χ0n) is 8.87. The smallest absolute Gasteiger partial charge is 0.389 e. The van der Waals surface area contributed by atoms with E-state index in [2.05, 4.69) is 0 Å². The van der Waals surface area contributed by atoms with Gasteiger partial charge in [0.1, 0.15) is 0 Å². The van der Waals surface area contributed by atoms with Gasteiger partial charge in [-0.1, -0.05) is 6.07 Å². The largest absolute Gasteiger partial charge is 0.399 e. The topological polar surface area (TPSA) is 60.2 Å². The van der Waals surface area contributed by atoms with Crippen molar-refractivity contribution in [2.75, 3.05) is 11.5 Å². The quantitative estimate of drug-likeness (QED) is 0.852. The van der Waals surface area contributed by atoms with Crippen molar-refractivity contribution in [2.45, 2.75) is 23.9 Å². The molecule has 7 heteroatoms. The van der Waals surface area contributed by atoms with Crippen molar-refractivity contribution in [3.8, 4) is 0 Å². The van der Waals surface area contributed by atoms with E-state index in [0.717, 1.165) is 0 Å². The molecule has 0 spiro atoms. The van der Waals surface area contributed by atoms with Gasteiger partial charge >= 0.3 is 6.18 Å². The standard InChI is InChI=1S/C10H12F3NO2S/c11-10(12,13)5-2-6-17(15,16)9-4-1-3-8(14)7-9/h1,3-4,7H,2,5-6,14H2. The molecule has 0 atom stereocenters. The molecule has 0 heterocycles. The van der Waals surface area contributed by atoms with E-state index in [4.69, 9.17) is 5.73 Å². The molecule has 0 saturated carbocycles. The van der Waals surface area contributed by atoms with E-state index in [1.54, 1.807) is 0 Å². The summed E-state index contributed by atoms with van der Waals surface area (Å²) in [5.74, 6) is -0.532. The first-order valence-electron chi connectivity index (χ1n) is 4.86. The first kappa shape index (κ1) is 13.8. The number of nitrogen functional groups attached to an aromatic ring is 1. The second-order valence-electron chi connectivity index (χ2n) is 3.61. The second kappa shape index (κ2) is 4.95. The molecule has 1 aromatic carbocycles. The van der Waals surface area contributed by atoms with Crippen molar-refractivity contribution in [1.29, 1.82) is 0 Å². The third-order valence-electron chi connectivity index (χ3n) is 2.09. The molecule has 1 aromatic rings. The van der Waals surface area contributed by atoms with Crippen LogP contribution in [0.15, 0.2) is 29.2 Å². The Labute approximate surface area is 97.4 Å². The number of sulfone groups is 1. The van der Waals surface area contributed by atoms with E-state index in [1.165, 1.54) is 24.3 Å². The van der Waals surface area contributed by atoms with Crippen LogP contribution in [0, 0.1) is 0 Å². The van der Waals surface area contributed by atoms with Crippen LogP contribution < -0.4 is 5.73 Å². The summed E-state index contributed by atoms with van der Waals surface area (Å²) >= 11 is 0. The Kier molecular flexibility index (Phi) is 4.03. The van der Waals surface area contributed by atoms with Crippen molar-refractivity contribution in [1.82, 2.24) is 0 Å². The van der Waals surface area contributed by atoms with Crippen LogP contribution in [0.1, 0.15) is 12.8 Å². The van der Waals surface area contributed by atoms with Gasteiger partial charge in [0.15, 0.2) is 9.84 Å². The monoisotopic (exact) mass is 267 g/mol. The molecule has 0 radical (unpaired) electrons. The third-order valence-corrected chi connectivity index (χ3v) is 3.89. The Morgan fingerprint density at radius 1 is 1.24 bits per heavy atom. The Morgan fingerprint density at radius 3 is 2.41 bits per heavy atom. The average molecular weight is 267 g/mol. The van der Waals surface area contributed by atoms with Crippen molar-refractivity contribution in [3.63, 3.8) is 0 Å². The summed E-state index contributed by atoms with van der Waals surface area (Å²) in [6, 6.07) is 5.52. The molecule has 0 aliphatic rings. The predicted octanol–water partition coefficient (Wildman–Crippen LogP) is 2.39.